The van der Waals surface area contributed by atoms with Crippen molar-refractivity contribution in [1.29, 1.82) is 0 Å². The highest BCUT2D eigenvalue weighted by Gasteiger charge is 2.48. The van der Waals surface area contributed by atoms with Gasteiger partial charge in [0.25, 0.3) is 0 Å². The molecule has 8 nitrogen and oxygen atoms in total. The minimum absolute atomic E-state index is 0.0720. The van der Waals surface area contributed by atoms with Gasteiger partial charge in [0.05, 0.1) is 12.6 Å². The Kier molecular flexibility index (Phi) is 5.93. The first kappa shape index (κ1) is 24.4. The molecule has 1 saturated carbocycles. The Morgan fingerprint density at radius 3 is 2.59 bits per heavy atom. The van der Waals surface area contributed by atoms with Gasteiger partial charge in [-0.15, -0.1) is 10.2 Å². The van der Waals surface area contributed by atoms with Crippen LogP contribution in [0.2, 0.25) is 0 Å². The summed E-state index contributed by atoms with van der Waals surface area (Å²) in [5, 5.41) is 9.24. The van der Waals surface area contributed by atoms with E-state index in [2.05, 4.69) is 31.8 Å². The Morgan fingerprint density at radius 1 is 0.974 bits per heavy atom. The summed E-state index contributed by atoms with van der Waals surface area (Å²) in [5.41, 5.74) is 1.19. The molecule has 10 heteroatoms. The standard InChI is InChI=1S/C29H31F2N5O3/c30-20-6-7-21(22(31)16-20)29(9-10-29)18-36-26(17-34-11-2-4-27(34)37)32-33-28(36)35-12-1-3-23(35)19-5-8-24-25(15-19)39-14-13-38-24/h5-8,15-16,23H,1-4,9-14,17-18H2. The van der Waals surface area contributed by atoms with Gasteiger partial charge in [0.15, 0.2) is 17.3 Å². The van der Waals surface area contributed by atoms with E-state index in [0.717, 1.165) is 67.7 Å². The van der Waals surface area contributed by atoms with Gasteiger partial charge in [-0.05, 0) is 61.4 Å². The summed E-state index contributed by atoms with van der Waals surface area (Å²) in [6.45, 7) is 3.42. The summed E-state index contributed by atoms with van der Waals surface area (Å²) in [4.78, 5) is 16.5. The lowest BCUT2D eigenvalue weighted by Crippen LogP contribution is -2.31. The molecular weight excluding hydrogens is 504 g/mol. The topological polar surface area (TPSA) is 72.7 Å². The highest BCUT2D eigenvalue weighted by molar-refractivity contribution is 5.78. The summed E-state index contributed by atoms with van der Waals surface area (Å²) in [6.07, 6.45) is 4.91. The Balaban J connectivity index is 1.25. The number of aromatic nitrogens is 3. The molecule has 1 amide bonds. The van der Waals surface area contributed by atoms with Gasteiger partial charge in [-0.1, -0.05) is 12.1 Å². The molecule has 7 rings (SSSR count). The predicted octanol–water partition coefficient (Wildman–Crippen LogP) is 4.52. The average Bonchev–Trinajstić information content (AvgIpc) is 3.22. The molecule has 1 unspecified atom stereocenters. The molecule has 39 heavy (non-hydrogen) atoms. The number of hydrogen-bond acceptors (Lipinski definition) is 6. The van der Waals surface area contributed by atoms with E-state index in [1.807, 2.05) is 11.0 Å². The van der Waals surface area contributed by atoms with Crippen molar-refractivity contribution in [1.82, 2.24) is 19.7 Å². The molecule has 0 N–H and O–H groups in total. The lowest BCUT2D eigenvalue weighted by Gasteiger charge is -2.29. The van der Waals surface area contributed by atoms with Crippen molar-refractivity contribution in [3.05, 3.63) is 65.0 Å². The molecule has 3 aliphatic heterocycles. The minimum atomic E-state index is -0.579. The zero-order valence-corrected chi connectivity index (χ0v) is 21.7. The minimum Gasteiger partial charge on any atom is -0.486 e. The first-order valence-electron chi connectivity index (χ1n) is 13.8. The Labute approximate surface area is 225 Å². The van der Waals surface area contributed by atoms with Gasteiger partial charge >= 0.3 is 0 Å². The average molecular weight is 536 g/mol. The van der Waals surface area contributed by atoms with Crippen LogP contribution in [0.4, 0.5) is 14.7 Å². The van der Waals surface area contributed by atoms with E-state index in [1.165, 1.54) is 6.07 Å². The number of likely N-dealkylation sites (tertiary alicyclic amines) is 1. The lowest BCUT2D eigenvalue weighted by atomic mass is 9.95. The van der Waals surface area contributed by atoms with Crippen LogP contribution < -0.4 is 14.4 Å². The maximum atomic E-state index is 15.0. The molecule has 2 saturated heterocycles. The van der Waals surface area contributed by atoms with Gasteiger partial charge in [0, 0.05) is 37.5 Å². The SMILES string of the molecule is O=C1CCCN1Cc1nnc(N2CCCC2c2ccc3c(c2)OCCO3)n1CC1(c2ccc(F)cc2F)CC1. The third-order valence-corrected chi connectivity index (χ3v) is 8.59. The molecule has 1 aliphatic carbocycles. The number of benzene rings is 2. The maximum absolute atomic E-state index is 15.0. The van der Waals surface area contributed by atoms with Crippen LogP contribution >= 0.6 is 0 Å². The fraction of sp³-hybridized carbons (Fsp3) is 0.483. The van der Waals surface area contributed by atoms with E-state index in [-0.39, 0.29) is 11.9 Å². The number of rotatable bonds is 7. The smallest absolute Gasteiger partial charge is 0.227 e. The second kappa shape index (κ2) is 9.50. The zero-order chi connectivity index (χ0) is 26.6. The van der Waals surface area contributed by atoms with Crippen molar-refractivity contribution < 1.29 is 23.0 Å². The van der Waals surface area contributed by atoms with Crippen LogP contribution in [0.15, 0.2) is 36.4 Å². The van der Waals surface area contributed by atoms with Gasteiger partial charge in [0.1, 0.15) is 24.8 Å². The molecule has 1 atom stereocenters. The first-order chi connectivity index (χ1) is 19.0. The lowest BCUT2D eigenvalue weighted by molar-refractivity contribution is -0.128. The molecule has 0 bridgehead atoms. The van der Waals surface area contributed by atoms with Gasteiger partial charge in [-0.2, -0.15) is 0 Å². The number of carbonyl (C=O) groups is 1. The summed E-state index contributed by atoms with van der Waals surface area (Å²) >= 11 is 0. The van der Waals surface area contributed by atoms with Gasteiger partial charge in [-0.25, -0.2) is 8.78 Å². The quantitative estimate of drug-likeness (QED) is 0.443. The fourth-order valence-corrected chi connectivity index (χ4v) is 6.36. The number of amides is 1. The molecule has 4 heterocycles. The number of fused-ring (bicyclic) bond motifs is 1. The Morgan fingerprint density at radius 2 is 1.82 bits per heavy atom. The molecule has 1 aromatic heterocycles. The largest absolute Gasteiger partial charge is 0.486 e. The van der Waals surface area contributed by atoms with Gasteiger partial charge in [0.2, 0.25) is 11.9 Å². The number of nitrogens with zero attached hydrogens (tertiary/aromatic N) is 5. The molecule has 204 valence electrons. The third-order valence-electron chi connectivity index (χ3n) is 8.59. The number of carbonyl (C=O) groups excluding carboxylic acids is 1. The second-order valence-electron chi connectivity index (χ2n) is 11.1. The number of halogens is 2. The second-order valence-corrected chi connectivity index (χ2v) is 11.1. The van der Waals surface area contributed by atoms with E-state index >= 15 is 0 Å². The van der Waals surface area contributed by atoms with E-state index in [1.54, 1.807) is 6.07 Å². The monoisotopic (exact) mass is 535 g/mol. The molecule has 2 aromatic carbocycles. The van der Waals surface area contributed by atoms with Crippen molar-refractivity contribution in [3.8, 4) is 11.5 Å². The number of anilines is 1. The molecule has 0 radical (unpaired) electrons. The summed E-state index contributed by atoms with van der Waals surface area (Å²) in [5.74, 6) is 1.95. The zero-order valence-electron chi connectivity index (χ0n) is 21.7. The van der Waals surface area contributed by atoms with Crippen molar-refractivity contribution >= 4 is 11.9 Å². The van der Waals surface area contributed by atoms with Gasteiger partial charge in [-0.3, -0.25) is 9.36 Å². The van der Waals surface area contributed by atoms with Crippen molar-refractivity contribution in [2.24, 2.45) is 0 Å². The molecule has 4 aliphatic rings. The van der Waals surface area contributed by atoms with Crippen LogP contribution in [0.1, 0.15) is 61.5 Å². The Hall–Kier alpha value is -3.69. The highest BCUT2D eigenvalue weighted by Crippen LogP contribution is 2.51. The van der Waals surface area contributed by atoms with Gasteiger partial charge < -0.3 is 19.3 Å². The van der Waals surface area contributed by atoms with Crippen LogP contribution in [0.25, 0.3) is 0 Å². The van der Waals surface area contributed by atoms with E-state index < -0.39 is 17.0 Å². The molecule has 0 spiro atoms. The van der Waals surface area contributed by atoms with Crippen LogP contribution in [-0.2, 0) is 23.3 Å². The van der Waals surface area contributed by atoms with Crippen molar-refractivity contribution in [3.63, 3.8) is 0 Å². The van der Waals surface area contributed by atoms with Crippen LogP contribution in [-0.4, -0.2) is 51.9 Å². The van der Waals surface area contributed by atoms with Crippen LogP contribution in [0.5, 0.6) is 11.5 Å². The highest BCUT2D eigenvalue weighted by atomic mass is 19.1. The van der Waals surface area contributed by atoms with E-state index in [0.29, 0.717) is 50.7 Å². The molecule has 3 aromatic rings. The van der Waals surface area contributed by atoms with Crippen molar-refractivity contribution in [2.75, 3.05) is 31.2 Å². The summed E-state index contributed by atoms with van der Waals surface area (Å²) in [6, 6.07) is 10.0. The summed E-state index contributed by atoms with van der Waals surface area (Å²) < 4.78 is 42.3. The first-order valence-corrected chi connectivity index (χ1v) is 13.8. The predicted molar refractivity (Wildman–Crippen MR) is 139 cm³/mol. The molecule has 3 fully saturated rings. The van der Waals surface area contributed by atoms with Crippen molar-refractivity contribution in [2.45, 2.75) is 63.1 Å². The number of ether oxygens (including phenoxy) is 2. The fourth-order valence-electron chi connectivity index (χ4n) is 6.36. The third kappa shape index (κ3) is 4.39. The maximum Gasteiger partial charge on any atom is 0.227 e. The Bertz CT molecular complexity index is 1420. The summed E-state index contributed by atoms with van der Waals surface area (Å²) in [7, 11) is 0. The normalized spacial score (nSPS) is 21.6. The number of hydrogen-bond donors (Lipinski definition) is 0. The van der Waals surface area contributed by atoms with E-state index in [4.69, 9.17) is 9.47 Å². The van der Waals surface area contributed by atoms with Crippen LogP contribution in [0.3, 0.4) is 0 Å². The molecular formula is C29H31F2N5O3. The van der Waals surface area contributed by atoms with E-state index in [9.17, 15) is 13.6 Å². The van der Waals surface area contributed by atoms with Crippen LogP contribution in [0, 0.1) is 11.6 Å².